The van der Waals surface area contributed by atoms with Crippen LogP contribution in [0.3, 0.4) is 0 Å². The zero-order chi connectivity index (χ0) is 17.3. The smallest absolute Gasteiger partial charge is 0.293 e. The van der Waals surface area contributed by atoms with Crippen LogP contribution in [0.5, 0.6) is 0 Å². The number of likely N-dealkylation sites (tertiary alicyclic amines) is 1. The van der Waals surface area contributed by atoms with Crippen LogP contribution in [-0.2, 0) is 6.42 Å². The Hall–Kier alpha value is -1.34. The van der Waals surface area contributed by atoms with Crippen molar-refractivity contribution in [3.05, 3.63) is 39.9 Å². The number of aromatic nitrogens is 3. The van der Waals surface area contributed by atoms with E-state index >= 15 is 0 Å². The van der Waals surface area contributed by atoms with Gasteiger partial charge in [0.15, 0.2) is 0 Å². The van der Waals surface area contributed by atoms with E-state index in [1.807, 2.05) is 6.92 Å². The second-order valence-corrected chi connectivity index (χ2v) is 6.63. The van der Waals surface area contributed by atoms with E-state index < -0.39 is 0 Å². The van der Waals surface area contributed by atoms with Gasteiger partial charge in [0.1, 0.15) is 11.5 Å². The minimum atomic E-state index is -0.182. The van der Waals surface area contributed by atoms with Crippen molar-refractivity contribution >= 4 is 41.5 Å². The molecule has 0 spiro atoms. The highest BCUT2D eigenvalue weighted by molar-refractivity contribution is 6.37. The zero-order valence-corrected chi connectivity index (χ0v) is 16.1. The number of para-hydroxylation sites is 1. The maximum atomic E-state index is 12.7. The number of aryl methyl sites for hydroxylation is 1. The first-order chi connectivity index (χ1) is 11.5. The molecule has 136 valence electrons. The summed E-state index contributed by atoms with van der Waals surface area (Å²) in [4.78, 5) is 18.8. The van der Waals surface area contributed by atoms with E-state index in [4.69, 9.17) is 28.9 Å². The third kappa shape index (κ3) is 4.08. The Morgan fingerprint density at radius 1 is 1.28 bits per heavy atom. The number of rotatable bonds is 3. The van der Waals surface area contributed by atoms with Gasteiger partial charge in [0.05, 0.1) is 10.0 Å². The van der Waals surface area contributed by atoms with Crippen LogP contribution in [0.4, 0.5) is 0 Å². The largest absolute Gasteiger partial charge is 0.336 e. The highest BCUT2D eigenvalue weighted by Gasteiger charge is 2.26. The molecule has 0 bridgehead atoms. The first kappa shape index (κ1) is 20.0. The fraction of sp³-hybridized carbons (Fsp3) is 0.438. The fourth-order valence-corrected chi connectivity index (χ4v) is 3.34. The van der Waals surface area contributed by atoms with Crippen molar-refractivity contribution in [2.45, 2.75) is 32.2 Å². The second-order valence-electron chi connectivity index (χ2n) is 5.82. The molecule has 9 heteroatoms. The summed E-state index contributed by atoms with van der Waals surface area (Å²) in [5, 5.41) is 5.31. The third-order valence-corrected chi connectivity index (χ3v) is 4.77. The lowest BCUT2D eigenvalue weighted by Gasteiger charge is -2.29. The maximum Gasteiger partial charge on any atom is 0.293 e. The molecule has 1 aromatic carbocycles. The molecule has 0 unspecified atom stereocenters. The Morgan fingerprint density at radius 3 is 2.44 bits per heavy atom. The number of nitrogens with two attached hydrogens (primary N) is 1. The number of carbonyl (C=O) groups is 1. The lowest BCUT2D eigenvalue weighted by Crippen LogP contribution is -2.43. The number of hydrogen-bond donors (Lipinski definition) is 1. The van der Waals surface area contributed by atoms with Crippen LogP contribution in [-0.4, -0.2) is 44.7 Å². The van der Waals surface area contributed by atoms with Crippen LogP contribution in [0, 0.1) is 0 Å². The Kier molecular flexibility index (Phi) is 6.68. The first-order valence-electron chi connectivity index (χ1n) is 7.96. The van der Waals surface area contributed by atoms with Crippen LogP contribution in [0.15, 0.2) is 18.2 Å². The lowest BCUT2D eigenvalue weighted by molar-refractivity contribution is 0.0702. The summed E-state index contributed by atoms with van der Waals surface area (Å²) in [6.07, 6.45) is 2.19. The van der Waals surface area contributed by atoms with E-state index in [1.54, 1.807) is 27.8 Å². The number of nitrogens with zero attached hydrogens (tertiary/aromatic N) is 4. The molecule has 0 saturated carbocycles. The van der Waals surface area contributed by atoms with Gasteiger partial charge in [-0.2, -0.15) is 0 Å². The minimum Gasteiger partial charge on any atom is -0.336 e. The summed E-state index contributed by atoms with van der Waals surface area (Å²) in [7, 11) is 0. The molecule has 6 nitrogen and oxygen atoms in total. The van der Waals surface area contributed by atoms with Gasteiger partial charge in [-0.1, -0.05) is 36.2 Å². The van der Waals surface area contributed by atoms with Gasteiger partial charge in [-0.15, -0.1) is 17.5 Å². The van der Waals surface area contributed by atoms with Crippen LogP contribution < -0.4 is 5.73 Å². The number of piperidine rings is 1. The van der Waals surface area contributed by atoms with E-state index in [2.05, 4.69) is 10.1 Å². The van der Waals surface area contributed by atoms with Crippen LogP contribution in [0.2, 0.25) is 10.0 Å². The summed E-state index contributed by atoms with van der Waals surface area (Å²) in [5.74, 6) is 0.624. The number of amides is 1. The molecule has 25 heavy (non-hydrogen) atoms. The van der Waals surface area contributed by atoms with Gasteiger partial charge in [0, 0.05) is 25.6 Å². The van der Waals surface area contributed by atoms with Crippen LogP contribution >= 0.6 is 35.6 Å². The topological polar surface area (TPSA) is 77.0 Å². The molecule has 0 atom stereocenters. The lowest BCUT2D eigenvalue weighted by atomic mass is 10.1. The Labute approximate surface area is 162 Å². The molecular formula is C16H20Cl3N5O. The zero-order valence-electron chi connectivity index (χ0n) is 13.8. The molecule has 1 aliphatic heterocycles. The minimum absolute atomic E-state index is 0. The van der Waals surface area contributed by atoms with E-state index in [-0.39, 0.29) is 30.2 Å². The molecule has 2 aromatic rings. The first-order valence-corrected chi connectivity index (χ1v) is 8.72. The molecular weight excluding hydrogens is 385 g/mol. The molecule has 2 N–H and O–H groups in total. The average Bonchev–Trinajstić information content (AvgIpc) is 2.99. The van der Waals surface area contributed by atoms with Crippen molar-refractivity contribution in [1.29, 1.82) is 0 Å². The molecule has 1 saturated heterocycles. The summed E-state index contributed by atoms with van der Waals surface area (Å²) >= 11 is 12.5. The van der Waals surface area contributed by atoms with Gasteiger partial charge in [0.25, 0.3) is 5.91 Å². The van der Waals surface area contributed by atoms with E-state index in [9.17, 15) is 4.79 Å². The van der Waals surface area contributed by atoms with Gasteiger partial charge in [-0.25, -0.2) is 9.67 Å². The third-order valence-electron chi connectivity index (χ3n) is 4.16. The molecule has 1 fully saturated rings. The van der Waals surface area contributed by atoms with E-state index in [0.717, 1.165) is 12.8 Å². The Bertz CT molecular complexity index is 736. The quantitative estimate of drug-likeness (QED) is 0.852. The van der Waals surface area contributed by atoms with Gasteiger partial charge in [-0.05, 0) is 25.0 Å². The SMILES string of the molecule is CCc1nc(C(=O)N2CCC(N)CC2)nn1-c1c(Cl)cccc1Cl.Cl. The van der Waals surface area contributed by atoms with Gasteiger partial charge in [0.2, 0.25) is 5.82 Å². The van der Waals surface area contributed by atoms with E-state index in [1.165, 1.54) is 0 Å². The molecule has 1 amide bonds. The molecule has 2 heterocycles. The normalized spacial score (nSPS) is 15.1. The number of hydrogen-bond acceptors (Lipinski definition) is 4. The summed E-state index contributed by atoms with van der Waals surface area (Å²) in [5.41, 5.74) is 6.44. The number of halogens is 3. The molecule has 1 aromatic heterocycles. The fourth-order valence-electron chi connectivity index (χ4n) is 2.78. The van der Waals surface area contributed by atoms with Crippen molar-refractivity contribution in [3.63, 3.8) is 0 Å². The Morgan fingerprint density at radius 2 is 1.88 bits per heavy atom. The van der Waals surface area contributed by atoms with Gasteiger partial charge in [-0.3, -0.25) is 4.79 Å². The predicted octanol–water partition coefficient (Wildman–Crippen LogP) is 3.12. The predicted molar refractivity (Wildman–Crippen MR) is 101 cm³/mol. The summed E-state index contributed by atoms with van der Waals surface area (Å²) in [6.45, 7) is 3.20. The van der Waals surface area contributed by atoms with Crippen molar-refractivity contribution in [3.8, 4) is 5.69 Å². The van der Waals surface area contributed by atoms with Crippen molar-refractivity contribution in [2.24, 2.45) is 5.73 Å². The van der Waals surface area contributed by atoms with Crippen molar-refractivity contribution in [2.75, 3.05) is 13.1 Å². The molecule has 0 aliphatic carbocycles. The molecule has 1 aliphatic rings. The van der Waals surface area contributed by atoms with Gasteiger partial charge < -0.3 is 10.6 Å². The van der Waals surface area contributed by atoms with Crippen molar-refractivity contribution < 1.29 is 4.79 Å². The monoisotopic (exact) mass is 403 g/mol. The highest BCUT2D eigenvalue weighted by Crippen LogP contribution is 2.29. The second kappa shape index (κ2) is 8.36. The number of carbonyl (C=O) groups excluding carboxylic acids is 1. The van der Waals surface area contributed by atoms with Gasteiger partial charge >= 0.3 is 0 Å². The van der Waals surface area contributed by atoms with Crippen molar-refractivity contribution in [1.82, 2.24) is 19.7 Å². The Balaban J connectivity index is 0.00000225. The highest BCUT2D eigenvalue weighted by atomic mass is 35.5. The maximum absolute atomic E-state index is 12.7. The number of benzene rings is 1. The standard InChI is InChI=1S/C16H19Cl2N5O.ClH/c1-2-13-20-15(16(24)22-8-6-10(19)7-9-22)21-23(13)14-11(17)4-3-5-12(14)18;/h3-5,10H,2,6-9,19H2,1H3;1H. The summed E-state index contributed by atoms with van der Waals surface area (Å²) in [6, 6.07) is 5.39. The average molecular weight is 405 g/mol. The molecule has 3 rings (SSSR count). The van der Waals surface area contributed by atoms with Crippen LogP contribution in [0.25, 0.3) is 5.69 Å². The molecule has 0 radical (unpaired) electrons. The summed E-state index contributed by atoms with van der Waals surface area (Å²) < 4.78 is 1.56. The van der Waals surface area contributed by atoms with Crippen LogP contribution in [0.1, 0.15) is 36.2 Å². The van der Waals surface area contributed by atoms with E-state index in [0.29, 0.717) is 41.1 Å².